The number of hydrogen-bond donors (Lipinski definition) is 2. The quantitative estimate of drug-likeness (QED) is 0.801. The number of hydrogen-bond acceptors (Lipinski definition) is 3. The normalized spacial score (nSPS) is 11.7. The van der Waals surface area contributed by atoms with Crippen molar-refractivity contribution in [1.29, 1.82) is 0 Å². The average Bonchev–Trinajstić information content (AvgIpc) is 2.54. The number of rotatable bonds is 6. The highest BCUT2D eigenvalue weighted by Gasteiger charge is 2.08. The van der Waals surface area contributed by atoms with Crippen LogP contribution in [0.25, 0.3) is 0 Å². The van der Waals surface area contributed by atoms with Crippen molar-refractivity contribution in [2.45, 2.75) is 19.9 Å². The SMILES string of the molecule is CCOc1ccc([C@H](C)NNC(=O)c2ccccc2)cc1. The molecule has 0 heterocycles. The van der Waals surface area contributed by atoms with Gasteiger partial charge in [0.25, 0.3) is 5.91 Å². The maximum absolute atomic E-state index is 11.9. The van der Waals surface area contributed by atoms with Gasteiger partial charge >= 0.3 is 0 Å². The summed E-state index contributed by atoms with van der Waals surface area (Å²) in [6, 6.07) is 16.9. The average molecular weight is 284 g/mol. The zero-order chi connectivity index (χ0) is 15.1. The van der Waals surface area contributed by atoms with Crippen molar-refractivity contribution in [2.75, 3.05) is 6.61 Å². The Labute approximate surface area is 125 Å². The van der Waals surface area contributed by atoms with Gasteiger partial charge in [-0.3, -0.25) is 10.2 Å². The molecule has 2 aromatic carbocycles. The summed E-state index contributed by atoms with van der Waals surface area (Å²) >= 11 is 0. The highest BCUT2D eigenvalue weighted by atomic mass is 16.5. The number of nitrogens with one attached hydrogen (secondary N) is 2. The van der Waals surface area contributed by atoms with Crippen LogP contribution in [0.3, 0.4) is 0 Å². The maximum Gasteiger partial charge on any atom is 0.265 e. The van der Waals surface area contributed by atoms with Crippen molar-refractivity contribution in [1.82, 2.24) is 10.9 Å². The van der Waals surface area contributed by atoms with E-state index in [-0.39, 0.29) is 11.9 Å². The van der Waals surface area contributed by atoms with Gasteiger partial charge in [-0.1, -0.05) is 30.3 Å². The lowest BCUT2D eigenvalue weighted by Gasteiger charge is -2.15. The minimum Gasteiger partial charge on any atom is -0.494 e. The first-order valence-corrected chi connectivity index (χ1v) is 7.04. The number of carbonyl (C=O) groups excluding carboxylic acids is 1. The predicted molar refractivity (Wildman–Crippen MR) is 83.1 cm³/mol. The van der Waals surface area contributed by atoms with Gasteiger partial charge in [0.1, 0.15) is 5.75 Å². The molecule has 2 rings (SSSR count). The minimum absolute atomic E-state index is 0.00772. The van der Waals surface area contributed by atoms with E-state index in [0.717, 1.165) is 11.3 Å². The van der Waals surface area contributed by atoms with Gasteiger partial charge in [0.15, 0.2) is 0 Å². The monoisotopic (exact) mass is 284 g/mol. The summed E-state index contributed by atoms with van der Waals surface area (Å²) < 4.78 is 5.41. The van der Waals surface area contributed by atoms with Crippen molar-refractivity contribution < 1.29 is 9.53 Å². The Morgan fingerprint density at radius 3 is 2.38 bits per heavy atom. The minimum atomic E-state index is -0.145. The summed E-state index contributed by atoms with van der Waals surface area (Å²) in [5, 5.41) is 0. The van der Waals surface area contributed by atoms with Crippen molar-refractivity contribution in [3.63, 3.8) is 0 Å². The Balaban J connectivity index is 1.89. The Hall–Kier alpha value is -2.33. The number of carbonyl (C=O) groups is 1. The molecule has 0 unspecified atom stereocenters. The molecule has 0 aromatic heterocycles. The molecule has 0 aliphatic heterocycles. The van der Waals surface area contributed by atoms with Crippen molar-refractivity contribution in [3.05, 3.63) is 65.7 Å². The zero-order valence-corrected chi connectivity index (χ0v) is 12.3. The molecule has 0 spiro atoms. The van der Waals surface area contributed by atoms with Gasteiger partial charge in [0.2, 0.25) is 0 Å². The van der Waals surface area contributed by atoms with Crippen LogP contribution in [0.5, 0.6) is 5.75 Å². The second-order valence-corrected chi connectivity index (χ2v) is 4.69. The van der Waals surface area contributed by atoms with Gasteiger partial charge in [-0.25, -0.2) is 5.43 Å². The second-order valence-electron chi connectivity index (χ2n) is 4.69. The molecule has 0 aliphatic carbocycles. The Morgan fingerprint density at radius 1 is 1.10 bits per heavy atom. The first-order chi connectivity index (χ1) is 10.2. The molecule has 110 valence electrons. The first kappa shape index (κ1) is 15.1. The standard InChI is InChI=1S/C17H20N2O2/c1-3-21-16-11-9-14(10-12-16)13(2)18-19-17(20)15-7-5-4-6-8-15/h4-13,18H,3H2,1-2H3,(H,19,20)/t13-/m0/s1. The van der Waals surface area contributed by atoms with E-state index in [1.807, 2.05) is 56.3 Å². The van der Waals surface area contributed by atoms with E-state index in [4.69, 9.17) is 4.74 Å². The maximum atomic E-state index is 11.9. The van der Waals surface area contributed by atoms with Gasteiger partial charge < -0.3 is 4.74 Å². The summed E-state index contributed by atoms with van der Waals surface area (Å²) in [7, 11) is 0. The highest BCUT2D eigenvalue weighted by Crippen LogP contribution is 2.17. The van der Waals surface area contributed by atoms with E-state index >= 15 is 0 Å². The summed E-state index contributed by atoms with van der Waals surface area (Å²) in [6.45, 7) is 4.60. The lowest BCUT2D eigenvalue weighted by atomic mass is 10.1. The number of hydrazine groups is 1. The third kappa shape index (κ3) is 4.33. The molecule has 4 heteroatoms. The van der Waals surface area contributed by atoms with Crippen molar-refractivity contribution in [2.24, 2.45) is 0 Å². The molecule has 0 fully saturated rings. The van der Waals surface area contributed by atoms with Crippen LogP contribution in [0, 0.1) is 0 Å². The molecule has 2 N–H and O–H groups in total. The van der Waals surface area contributed by atoms with Gasteiger partial charge in [0.05, 0.1) is 6.61 Å². The fraction of sp³-hybridized carbons (Fsp3) is 0.235. The van der Waals surface area contributed by atoms with Crippen LogP contribution in [-0.4, -0.2) is 12.5 Å². The van der Waals surface area contributed by atoms with Crippen LogP contribution >= 0.6 is 0 Å². The first-order valence-electron chi connectivity index (χ1n) is 7.04. The van der Waals surface area contributed by atoms with Crippen LogP contribution < -0.4 is 15.6 Å². The van der Waals surface area contributed by atoms with Crippen LogP contribution in [0.1, 0.15) is 35.8 Å². The molecule has 0 aliphatic rings. The lowest BCUT2D eigenvalue weighted by Crippen LogP contribution is -2.39. The van der Waals surface area contributed by atoms with E-state index in [1.165, 1.54) is 0 Å². The van der Waals surface area contributed by atoms with Crippen LogP contribution in [0.15, 0.2) is 54.6 Å². The topological polar surface area (TPSA) is 50.4 Å². The largest absolute Gasteiger partial charge is 0.494 e. The fourth-order valence-corrected chi connectivity index (χ4v) is 1.94. The lowest BCUT2D eigenvalue weighted by molar-refractivity contribution is 0.0926. The molecule has 0 saturated carbocycles. The molecule has 0 radical (unpaired) electrons. The van der Waals surface area contributed by atoms with Crippen molar-refractivity contribution in [3.8, 4) is 5.75 Å². The van der Waals surface area contributed by atoms with Crippen LogP contribution in [0.4, 0.5) is 0 Å². The van der Waals surface area contributed by atoms with E-state index in [9.17, 15) is 4.79 Å². The Bertz CT molecular complexity index is 567. The molecular formula is C17H20N2O2. The predicted octanol–water partition coefficient (Wildman–Crippen LogP) is 3.08. The van der Waals surface area contributed by atoms with Gasteiger partial charge in [-0.2, -0.15) is 0 Å². The van der Waals surface area contributed by atoms with E-state index < -0.39 is 0 Å². The van der Waals surface area contributed by atoms with Gasteiger partial charge in [0, 0.05) is 11.6 Å². The smallest absolute Gasteiger partial charge is 0.265 e. The van der Waals surface area contributed by atoms with E-state index in [1.54, 1.807) is 12.1 Å². The zero-order valence-electron chi connectivity index (χ0n) is 12.3. The molecule has 21 heavy (non-hydrogen) atoms. The van der Waals surface area contributed by atoms with Crippen molar-refractivity contribution >= 4 is 5.91 Å². The Kier molecular flexibility index (Phi) is 5.35. The number of benzene rings is 2. The Morgan fingerprint density at radius 2 is 1.76 bits per heavy atom. The van der Waals surface area contributed by atoms with Crippen LogP contribution in [-0.2, 0) is 0 Å². The molecule has 1 amide bonds. The van der Waals surface area contributed by atoms with Crippen LogP contribution in [0.2, 0.25) is 0 Å². The summed E-state index contributed by atoms with van der Waals surface area (Å²) in [6.07, 6.45) is 0. The summed E-state index contributed by atoms with van der Waals surface area (Å²) in [5.41, 5.74) is 7.43. The molecule has 0 bridgehead atoms. The van der Waals surface area contributed by atoms with E-state index in [0.29, 0.717) is 12.2 Å². The third-order valence-corrected chi connectivity index (χ3v) is 3.13. The highest BCUT2D eigenvalue weighted by molar-refractivity contribution is 5.93. The fourth-order valence-electron chi connectivity index (χ4n) is 1.94. The molecule has 2 aromatic rings. The summed E-state index contributed by atoms with van der Waals surface area (Å²) in [4.78, 5) is 11.9. The van der Waals surface area contributed by atoms with Gasteiger partial charge in [-0.05, 0) is 43.7 Å². The molecule has 0 saturated heterocycles. The molecular weight excluding hydrogens is 264 g/mol. The van der Waals surface area contributed by atoms with Gasteiger partial charge in [-0.15, -0.1) is 0 Å². The second kappa shape index (κ2) is 7.45. The molecule has 4 nitrogen and oxygen atoms in total. The number of ether oxygens (including phenoxy) is 1. The summed E-state index contributed by atoms with van der Waals surface area (Å²) in [5.74, 6) is 0.704. The van der Waals surface area contributed by atoms with E-state index in [2.05, 4.69) is 10.9 Å². The molecule has 1 atom stereocenters. The number of amides is 1. The third-order valence-electron chi connectivity index (χ3n) is 3.13.